The maximum absolute atomic E-state index is 12.0. The normalized spacial score (nSPS) is 20.6. The van der Waals surface area contributed by atoms with E-state index in [9.17, 15) is 14.4 Å². The van der Waals surface area contributed by atoms with Crippen molar-refractivity contribution < 1.29 is 24.2 Å². The van der Waals surface area contributed by atoms with Crippen molar-refractivity contribution in [3.8, 4) is 0 Å². The minimum absolute atomic E-state index is 0.130. The molecule has 0 radical (unpaired) electrons. The summed E-state index contributed by atoms with van der Waals surface area (Å²) in [4.78, 5) is 35.5. The predicted octanol–water partition coefficient (Wildman–Crippen LogP) is -0.876. The van der Waals surface area contributed by atoms with Crippen molar-refractivity contribution >= 4 is 29.5 Å². The molecule has 1 fully saturated rings. The lowest BCUT2D eigenvalue weighted by atomic mass is 10.2. The number of methoxy groups -OCH3 is 1. The number of aliphatic carboxylic acids is 1. The van der Waals surface area contributed by atoms with Gasteiger partial charge in [0.05, 0.1) is 5.88 Å². The number of hydrogen-bond acceptors (Lipinski definition) is 5. The van der Waals surface area contributed by atoms with Crippen molar-refractivity contribution in [2.24, 2.45) is 0 Å². The summed E-state index contributed by atoms with van der Waals surface area (Å²) < 4.78 is 4.63. The van der Waals surface area contributed by atoms with E-state index in [0.717, 1.165) is 0 Å². The van der Waals surface area contributed by atoms with Gasteiger partial charge in [0, 0.05) is 12.9 Å². The third-order valence-corrected chi connectivity index (χ3v) is 3.49. The van der Waals surface area contributed by atoms with E-state index >= 15 is 0 Å². The van der Waals surface area contributed by atoms with E-state index in [0.29, 0.717) is 11.6 Å². The van der Waals surface area contributed by atoms with Gasteiger partial charge < -0.3 is 20.1 Å². The molecule has 0 aromatic rings. The molecule has 2 N–H and O–H groups in total. The first-order valence-corrected chi connectivity index (χ1v) is 6.52. The lowest BCUT2D eigenvalue weighted by molar-refractivity contribution is -0.148. The molecule has 18 heavy (non-hydrogen) atoms. The molecule has 0 bridgehead atoms. The summed E-state index contributed by atoms with van der Waals surface area (Å²) in [5.41, 5.74) is 0. The summed E-state index contributed by atoms with van der Waals surface area (Å²) in [6, 6.07) is -1.57. The Balaban J connectivity index is 2.57. The number of carbonyl (C=O) groups excluding carboxylic acids is 2. The van der Waals surface area contributed by atoms with Crippen LogP contribution in [0, 0.1) is 0 Å². The lowest BCUT2D eigenvalue weighted by Gasteiger charge is -2.24. The van der Waals surface area contributed by atoms with E-state index in [2.05, 4.69) is 10.1 Å². The van der Waals surface area contributed by atoms with E-state index in [1.54, 1.807) is 0 Å². The first kappa shape index (κ1) is 14.8. The number of amides is 2. The smallest absolute Gasteiger partial charge is 0.327 e. The molecule has 2 atom stereocenters. The minimum atomic E-state index is -1.02. The summed E-state index contributed by atoms with van der Waals surface area (Å²) in [5.74, 6) is -1.11. The monoisotopic (exact) mass is 276 g/mol. The van der Waals surface area contributed by atoms with Crippen LogP contribution in [-0.4, -0.2) is 65.2 Å². The van der Waals surface area contributed by atoms with Crippen LogP contribution in [0.25, 0.3) is 0 Å². The molecule has 0 aromatic carbocycles. The van der Waals surface area contributed by atoms with Gasteiger partial charge in [0.1, 0.15) is 18.7 Å². The van der Waals surface area contributed by atoms with Crippen LogP contribution in [0.15, 0.2) is 0 Å². The first-order chi connectivity index (χ1) is 8.47. The highest BCUT2D eigenvalue weighted by Gasteiger charge is 2.36. The first-order valence-electron chi connectivity index (χ1n) is 5.36. The summed E-state index contributed by atoms with van der Waals surface area (Å²) in [6.45, 7) is 1.40. The second-order valence-corrected chi connectivity index (χ2v) is 4.88. The Morgan fingerprint density at radius 2 is 2.22 bits per heavy atom. The number of carboxylic acids is 1. The van der Waals surface area contributed by atoms with Gasteiger partial charge in [-0.2, -0.15) is 0 Å². The molecule has 1 saturated heterocycles. The Labute approximate surface area is 109 Å². The fourth-order valence-corrected chi connectivity index (χ4v) is 2.74. The zero-order valence-corrected chi connectivity index (χ0v) is 11.0. The number of nitrogens with one attached hydrogen (secondary N) is 1. The molecule has 0 saturated carbocycles. The Kier molecular flexibility index (Phi) is 5.42. The Bertz CT molecular complexity index is 349. The van der Waals surface area contributed by atoms with Crippen LogP contribution in [0.2, 0.25) is 0 Å². The van der Waals surface area contributed by atoms with Crippen LogP contribution in [-0.2, 0) is 19.1 Å². The number of hydrogen-bond donors (Lipinski definition) is 2. The summed E-state index contributed by atoms with van der Waals surface area (Å²) >= 11 is 1.38. The van der Waals surface area contributed by atoms with E-state index in [1.807, 2.05) is 0 Å². The lowest BCUT2D eigenvalue weighted by Crippen LogP contribution is -2.51. The summed E-state index contributed by atoms with van der Waals surface area (Å²) in [7, 11) is 1.38. The SMILES string of the molecule is COCC(=O)N[C@@H](C)C(=O)N1CSC[C@H]1C(=O)O. The fourth-order valence-electron chi connectivity index (χ4n) is 1.59. The number of thioether (sulfide) groups is 1. The molecule has 0 aromatic heterocycles. The molecule has 1 heterocycles. The van der Waals surface area contributed by atoms with Crippen molar-refractivity contribution in [3.63, 3.8) is 0 Å². The molecule has 1 rings (SSSR count). The highest BCUT2D eigenvalue weighted by Crippen LogP contribution is 2.21. The summed E-state index contributed by atoms with van der Waals surface area (Å²) in [6.07, 6.45) is 0. The van der Waals surface area contributed by atoms with Crippen molar-refractivity contribution in [2.75, 3.05) is 25.3 Å². The molecule has 0 spiro atoms. The van der Waals surface area contributed by atoms with Gasteiger partial charge in [-0.05, 0) is 6.92 Å². The van der Waals surface area contributed by atoms with Crippen molar-refractivity contribution in [2.45, 2.75) is 19.0 Å². The number of carbonyl (C=O) groups is 3. The Morgan fingerprint density at radius 3 is 2.78 bits per heavy atom. The van der Waals surface area contributed by atoms with Crippen LogP contribution in [0.1, 0.15) is 6.92 Å². The molecule has 0 aliphatic carbocycles. The van der Waals surface area contributed by atoms with Gasteiger partial charge in [-0.15, -0.1) is 11.8 Å². The quantitative estimate of drug-likeness (QED) is 0.677. The van der Waals surface area contributed by atoms with Crippen LogP contribution in [0.3, 0.4) is 0 Å². The van der Waals surface area contributed by atoms with Gasteiger partial charge in [-0.1, -0.05) is 0 Å². The predicted molar refractivity (Wildman–Crippen MR) is 65.1 cm³/mol. The zero-order valence-electron chi connectivity index (χ0n) is 10.2. The van der Waals surface area contributed by atoms with Crippen LogP contribution < -0.4 is 5.32 Å². The molecule has 102 valence electrons. The van der Waals surface area contributed by atoms with Gasteiger partial charge in [0.25, 0.3) is 0 Å². The summed E-state index contributed by atoms with van der Waals surface area (Å²) in [5, 5.41) is 11.4. The van der Waals surface area contributed by atoms with Crippen LogP contribution >= 0.6 is 11.8 Å². The highest BCUT2D eigenvalue weighted by atomic mass is 32.2. The van der Waals surface area contributed by atoms with Gasteiger partial charge in [0.2, 0.25) is 11.8 Å². The van der Waals surface area contributed by atoms with Gasteiger partial charge in [-0.3, -0.25) is 9.59 Å². The maximum Gasteiger partial charge on any atom is 0.327 e. The topological polar surface area (TPSA) is 95.9 Å². The second kappa shape index (κ2) is 6.60. The minimum Gasteiger partial charge on any atom is -0.480 e. The fraction of sp³-hybridized carbons (Fsp3) is 0.700. The third kappa shape index (κ3) is 3.61. The largest absolute Gasteiger partial charge is 0.480 e. The molecular formula is C10H16N2O5S. The molecular weight excluding hydrogens is 260 g/mol. The standard InChI is InChI=1S/C10H16N2O5S/c1-6(11-8(13)3-17-2)9(14)12-5-18-4-7(12)10(15)16/h6-7H,3-5H2,1-2H3,(H,11,13)(H,15,16)/t6-,7-/m0/s1. The highest BCUT2D eigenvalue weighted by molar-refractivity contribution is 7.99. The molecule has 8 heteroatoms. The molecule has 0 unspecified atom stereocenters. The van der Waals surface area contributed by atoms with Gasteiger partial charge >= 0.3 is 5.97 Å². The van der Waals surface area contributed by atoms with Crippen molar-refractivity contribution in [1.29, 1.82) is 0 Å². The maximum atomic E-state index is 12.0. The van der Waals surface area contributed by atoms with Crippen LogP contribution in [0.5, 0.6) is 0 Å². The van der Waals surface area contributed by atoms with E-state index < -0.39 is 29.9 Å². The number of ether oxygens (including phenoxy) is 1. The van der Waals surface area contributed by atoms with E-state index in [-0.39, 0.29) is 6.61 Å². The number of carboxylic acid groups (broad SMARTS) is 1. The number of nitrogens with zero attached hydrogens (tertiary/aromatic N) is 1. The average Bonchev–Trinajstić information content (AvgIpc) is 2.76. The van der Waals surface area contributed by atoms with Crippen molar-refractivity contribution in [3.05, 3.63) is 0 Å². The van der Waals surface area contributed by atoms with Crippen molar-refractivity contribution in [1.82, 2.24) is 10.2 Å². The second-order valence-electron chi connectivity index (χ2n) is 3.88. The average molecular weight is 276 g/mol. The third-order valence-electron chi connectivity index (χ3n) is 2.47. The Hall–Kier alpha value is -1.28. The number of rotatable bonds is 5. The van der Waals surface area contributed by atoms with Crippen LogP contribution in [0.4, 0.5) is 0 Å². The zero-order chi connectivity index (χ0) is 13.7. The molecule has 2 amide bonds. The molecule has 1 aliphatic heterocycles. The van der Waals surface area contributed by atoms with Gasteiger partial charge in [-0.25, -0.2) is 4.79 Å². The van der Waals surface area contributed by atoms with E-state index in [1.165, 1.54) is 30.7 Å². The molecule has 7 nitrogen and oxygen atoms in total. The molecule has 1 aliphatic rings. The Morgan fingerprint density at radius 1 is 1.56 bits per heavy atom. The van der Waals surface area contributed by atoms with E-state index in [4.69, 9.17) is 5.11 Å². The van der Waals surface area contributed by atoms with Gasteiger partial charge in [0.15, 0.2) is 0 Å².